The lowest BCUT2D eigenvalue weighted by Gasteiger charge is -2.04. The fourth-order valence-corrected chi connectivity index (χ4v) is 2.82. The van der Waals surface area contributed by atoms with Crippen LogP contribution in [-0.2, 0) is 19.4 Å². The molecule has 0 saturated carbocycles. The van der Waals surface area contributed by atoms with E-state index < -0.39 is 0 Å². The predicted molar refractivity (Wildman–Crippen MR) is 87.3 cm³/mol. The fraction of sp³-hybridized carbons (Fsp3) is 0.278. The molecule has 0 bridgehead atoms. The van der Waals surface area contributed by atoms with Crippen LogP contribution in [0.2, 0.25) is 0 Å². The summed E-state index contributed by atoms with van der Waals surface area (Å²) in [4.78, 5) is 4.53. The first-order valence-corrected chi connectivity index (χ1v) is 7.55. The van der Waals surface area contributed by atoms with Crippen LogP contribution in [-0.4, -0.2) is 16.1 Å². The third-order valence-electron chi connectivity index (χ3n) is 3.84. The molecular formula is C18H21N3. The van der Waals surface area contributed by atoms with Gasteiger partial charge in [-0.3, -0.25) is 0 Å². The van der Waals surface area contributed by atoms with Gasteiger partial charge in [0.15, 0.2) is 0 Å². The number of pyridine rings is 1. The van der Waals surface area contributed by atoms with Gasteiger partial charge in [-0.2, -0.15) is 0 Å². The first-order valence-electron chi connectivity index (χ1n) is 7.55. The molecule has 0 aliphatic carbocycles. The SMILES string of the molecule is NCCc1cn(CCCc2ccccc2)c2ncccc12. The highest BCUT2D eigenvalue weighted by atomic mass is 15.0. The van der Waals surface area contributed by atoms with Gasteiger partial charge in [-0.25, -0.2) is 4.98 Å². The Balaban J connectivity index is 1.74. The highest BCUT2D eigenvalue weighted by Gasteiger charge is 2.08. The van der Waals surface area contributed by atoms with Crippen LogP contribution in [0.1, 0.15) is 17.5 Å². The Kier molecular flexibility index (Phi) is 4.31. The Hall–Kier alpha value is -2.13. The van der Waals surface area contributed by atoms with E-state index in [0.717, 1.165) is 31.5 Å². The van der Waals surface area contributed by atoms with Crippen molar-refractivity contribution in [3.05, 3.63) is 66.0 Å². The number of nitrogens with zero attached hydrogens (tertiary/aromatic N) is 2. The smallest absolute Gasteiger partial charge is 0.140 e. The molecule has 0 amide bonds. The molecule has 108 valence electrons. The average Bonchev–Trinajstić information content (AvgIpc) is 2.87. The van der Waals surface area contributed by atoms with Crippen LogP contribution in [0.5, 0.6) is 0 Å². The molecule has 0 aliphatic heterocycles. The summed E-state index contributed by atoms with van der Waals surface area (Å²) in [6.45, 7) is 1.67. The third kappa shape index (κ3) is 3.14. The van der Waals surface area contributed by atoms with Crippen molar-refractivity contribution in [2.45, 2.75) is 25.8 Å². The summed E-state index contributed by atoms with van der Waals surface area (Å²) in [5.74, 6) is 0. The number of hydrogen-bond donors (Lipinski definition) is 1. The van der Waals surface area contributed by atoms with Crippen LogP contribution >= 0.6 is 0 Å². The highest BCUT2D eigenvalue weighted by Crippen LogP contribution is 2.20. The van der Waals surface area contributed by atoms with Gasteiger partial charge in [-0.15, -0.1) is 0 Å². The van der Waals surface area contributed by atoms with Gasteiger partial charge in [0.1, 0.15) is 5.65 Å². The van der Waals surface area contributed by atoms with Gasteiger partial charge < -0.3 is 10.3 Å². The number of aromatic nitrogens is 2. The van der Waals surface area contributed by atoms with E-state index in [1.807, 2.05) is 12.3 Å². The molecule has 0 saturated heterocycles. The van der Waals surface area contributed by atoms with E-state index in [4.69, 9.17) is 5.73 Å². The van der Waals surface area contributed by atoms with Gasteiger partial charge in [0.2, 0.25) is 0 Å². The van der Waals surface area contributed by atoms with Crippen LogP contribution in [0.25, 0.3) is 11.0 Å². The second kappa shape index (κ2) is 6.55. The van der Waals surface area contributed by atoms with Crippen LogP contribution in [0.3, 0.4) is 0 Å². The summed E-state index contributed by atoms with van der Waals surface area (Å²) < 4.78 is 2.27. The van der Waals surface area contributed by atoms with Crippen molar-refractivity contribution < 1.29 is 0 Å². The molecule has 0 atom stereocenters. The molecule has 0 unspecified atom stereocenters. The van der Waals surface area contributed by atoms with Gasteiger partial charge in [0.25, 0.3) is 0 Å². The maximum Gasteiger partial charge on any atom is 0.140 e. The lowest BCUT2D eigenvalue weighted by molar-refractivity contribution is 0.655. The molecule has 1 aromatic carbocycles. The summed E-state index contributed by atoms with van der Waals surface area (Å²) >= 11 is 0. The summed E-state index contributed by atoms with van der Waals surface area (Å²) in [6.07, 6.45) is 7.21. The first-order chi connectivity index (χ1) is 10.4. The number of benzene rings is 1. The molecule has 2 aromatic heterocycles. The van der Waals surface area contributed by atoms with Gasteiger partial charge in [0, 0.05) is 24.3 Å². The Morgan fingerprint density at radius 3 is 2.67 bits per heavy atom. The van der Waals surface area contributed by atoms with Crippen molar-refractivity contribution in [1.82, 2.24) is 9.55 Å². The van der Waals surface area contributed by atoms with E-state index >= 15 is 0 Å². The molecule has 3 heteroatoms. The Morgan fingerprint density at radius 2 is 1.86 bits per heavy atom. The molecule has 0 fully saturated rings. The van der Waals surface area contributed by atoms with E-state index in [2.05, 4.69) is 52.1 Å². The normalized spacial score (nSPS) is 11.1. The molecule has 3 nitrogen and oxygen atoms in total. The zero-order valence-electron chi connectivity index (χ0n) is 12.2. The summed E-state index contributed by atoms with van der Waals surface area (Å²) in [6, 6.07) is 14.8. The monoisotopic (exact) mass is 279 g/mol. The lowest BCUT2D eigenvalue weighted by Crippen LogP contribution is -2.02. The highest BCUT2D eigenvalue weighted by molar-refractivity contribution is 5.80. The Labute approximate surface area is 125 Å². The summed E-state index contributed by atoms with van der Waals surface area (Å²) in [5, 5.41) is 1.24. The van der Waals surface area contributed by atoms with Gasteiger partial charge in [0.05, 0.1) is 0 Å². The van der Waals surface area contributed by atoms with Crippen molar-refractivity contribution in [3.8, 4) is 0 Å². The second-order valence-corrected chi connectivity index (χ2v) is 5.35. The van der Waals surface area contributed by atoms with E-state index in [0.29, 0.717) is 6.54 Å². The van der Waals surface area contributed by atoms with Crippen LogP contribution < -0.4 is 5.73 Å². The molecular weight excluding hydrogens is 258 g/mol. The number of fused-ring (bicyclic) bond motifs is 1. The second-order valence-electron chi connectivity index (χ2n) is 5.35. The molecule has 0 aliphatic rings. The van der Waals surface area contributed by atoms with Gasteiger partial charge >= 0.3 is 0 Å². The maximum absolute atomic E-state index is 5.71. The van der Waals surface area contributed by atoms with E-state index in [1.54, 1.807) is 0 Å². The minimum atomic E-state index is 0.679. The number of hydrogen-bond acceptors (Lipinski definition) is 2. The summed E-state index contributed by atoms with van der Waals surface area (Å²) in [7, 11) is 0. The van der Waals surface area contributed by atoms with E-state index in [1.165, 1.54) is 16.5 Å². The average molecular weight is 279 g/mol. The largest absolute Gasteiger partial charge is 0.332 e. The molecule has 3 rings (SSSR count). The fourth-order valence-electron chi connectivity index (χ4n) is 2.82. The lowest BCUT2D eigenvalue weighted by atomic mass is 10.1. The predicted octanol–water partition coefficient (Wildman–Crippen LogP) is 3.17. The van der Waals surface area contributed by atoms with Crippen molar-refractivity contribution in [3.63, 3.8) is 0 Å². The van der Waals surface area contributed by atoms with Gasteiger partial charge in [-0.05, 0) is 49.1 Å². The minimum absolute atomic E-state index is 0.679. The van der Waals surface area contributed by atoms with Crippen molar-refractivity contribution in [2.75, 3.05) is 6.54 Å². The maximum atomic E-state index is 5.71. The quantitative estimate of drug-likeness (QED) is 0.753. The molecule has 2 heterocycles. The van der Waals surface area contributed by atoms with Gasteiger partial charge in [-0.1, -0.05) is 30.3 Å². The zero-order valence-corrected chi connectivity index (χ0v) is 12.2. The molecule has 21 heavy (non-hydrogen) atoms. The number of nitrogens with two attached hydrogens (primary N) is 1. The number of aryl methyl sites for hydroxylation is 2. The molecule has 0 spiro atoms. The van der Waals surface area contributed by atoms with Crippen molar-refractivity contribution in [2.24, 2.45) is 5.73 Å². The van der Waals surface area contributed by atoms with Crippen molar-refractivity contribution in [1.29, 1.82) is 0 Å². The topological polar surface area (TPSA) is 43.8 Å². The van der Waals surface area contributed by atoms with E-state index in [9.17, 15) is 0 Å². The van der Waals surface area contributed by atoms with E-state index in [-0.39, 0.29) is 0 Å². The zero-order chi connectivity index (χ0) is 14.5. The minimum Gasteiger partial charge on any atom is -0.332 e. The standard InChI is InChI=1S/C18H21N3/c19-11-10-16-14-21(18-17(16)9-4-12-20-18)13-5-8-15-6-2-1-3-7-15/h1-4,6-7,9,12,14H,5,8,10-11,13,19H2. The molecule has 0 radical (unpaired) electrons. The third-order valence-corrected chi connectivity index (χ3v) is 3.84. The Bertz CT molecular complexity index is 701. The van der Waals surface area contributed by atoms with Crippen LogP contribution in [0.15, 0.2) is 54.9 Å². The molecule has 2 N–H and O–H groups in total. The molecule has 3 aromatic rings. The Morgan fingerprint density at radius 1 is 1.00 bits per heavy atom. The van der Waals surface area contributed by atoms with Crippen LogP contribution in [0, 0.1) is 0 Å². The first kappa shape index (κ1) is 13.8. The van der Waals surface area contributed by atoms with Crippen molar-refractivity contribution >= 4 is 11.0 Å². The van der Waals surface area contributed by atoms with Crippen LogP contribution in [0.4, 0.5) is 0 Å². The number of rotatable bonds is 6. The summed E-state index contributed by atoms with van der Waals surface area (Å²) in [5.41, 5.74) is 9.48.